The fraction of sp³-hybridized carbons (Fsp3) is 0.375. The molecule has 1 atom stereocenters. The third-order valence-electron chi connectivity index (χ3n) is 3.40. The van der Waals surface area contributed by atoms with Crippen molar-refractivity contribution in [3.63, 3.8) is 0 Å². The topological polar surface area (TPSA) is 58.9 Å². The monoisotopic (exact) mass is 286 g/mol. The molecule has 0 aliphatic carbocycles. The van der Waals surface area contributed by atoms with Crippen LogP contribution >= 0.6 is 0 Å². The van der Waals surface area contributed by atoms with Gasteiger partial charge in [-0.1, -0.05) is 19.1 Å². The lowest BCUT2D eigenvalue weighted by Gasteiger charge is -2.15. The van der Waals surface area contributed by atoms with Crippen LogP contribution in [0.4, 0.5) is 5.69 Å². The number of amides is 1. The highest BCUT2D eigenvalue weighted by molar-refractivity contribution is 6.03. The Morgan fingerprint density at radius 3 is 2.86 bits per heavy atom. The Morgan fingerprint density at radius 2 is 2.19 bits per heavy atom. The van der Waals surface area contributed by atoms with E-state index >= 15 is 0 Å². The fourth-order valence-electron chi connectivity index (χ4n) is 2.16. The van der Waals surface area contributed by atoms with E-state index in [1.807, 2.05) is 18.2 Å². The molecule has 0 saturated carbocycles. The largest absolute Gasteiger partial charge is 0.321 e. The molecule has 0 radical (unpaired) electrons. The highest BCUT2D eigenvalue weighted by Gasteiger charge is 2.11. The van der Waals surface area contributed by atoms with Crippen LogP contribution in [0.2, 0.25) is 0 Å². The number of benzene rings is 1. The number of hydrogen-bond acceptors (Lipinski definition) is 3. The minimum absolute atomic E-state index is 0.152. The van der Waals surface area contributed by atoms with Crippen molar-refractivity contribution < 1.29 is 4.79 Å². The normalized spacial score (nSPS) is 12.1. The number of rotatable bonds is 6. The molecule has 2 rings (SSSR count). The lowest BCUT2D eigenvalue weighted by molar-refractivity contribution is 0.101. The Hall–Kier alpha value is -2.14. The first-order valence-electron chi connectivity index (χ1n) is 7.24. The van der Waals surface area contributed by atoms with Gasteiger partial charge >= 0.3 is 0 Å². The number of carbonyl (C=O) groups excluding carboxylic acids is 1. The Kier molecular flexibility index (Phi) is 5.11. The maximum absolute atomic E-state index is 12.2. The molecule has 1 amide bonds. The molecule has 0 aliphatic rings. The minimum Gasteiger partial charge on any atom is -0.321 e. The molecule has 1 aromatic heterocycles. The van der Waals surface area contributed by atoms with Gasteiger partial charge in [-0.3, -0.25) is 9.48 Å². The highest BCUT2D eigenvalue weighted by atomic mass is 16.2. The molecule has 0 spiro atoms. The molecular formula is C16H22N4O. The zero-order valence-corrected chi connectivity index (χ0v) is 12.8. The summed E-state index contributed by atoms with van der Waals surface area (Å²) in [5.74, 6) is -0.152. The van der Waals surface area contributed by atoms with E-state index in [0.717, 1.165) is 24.2 Å². The van der Waals surface area contributed by atoms with E-state index in [9.17, 15) is 4.79 Å². The summed E-state index contributed by atoms with van der Waals surface area (Å²) in [4.78, 5) is 12.2. The lowest BCUT2D eigenvalue weighted by Crippen LogP contribution is -2.20. The van der Waals surface area contributed by atoms with E-state index in [1.165, 1.54) is 0 Å². The van der Waals surface area contributed by atoms with E-state index in [0.29, 0.717) is 5.69 Å². The van der Waals surface area contributed by atoms with Crippen molar-refractivity contribution in [1.82, 2.24) is 15.1 Å². The molecule has 1 aromatic carbocycles. The first-order valence-corrected chi connectivity index (χ1v) is 7.24. The van der Waals surface area contributed by atoms with Crippen molar-refractivity contribution in [3.8, 4) is 0 Å². The van der Waals surface area contributed by atoms with Gasteiger partial charge in [-0.15, -0.1) is 0 Å². The molecule has 1 heterocycles. The van der Waals surface area contributed by atoms with Crippen LogP contribution in [0.5, 0.6) is 0 Å². The van der Waals surface area contributed by atoms with Crippen molar-refractivity contribution in [2.24, 2.45) is 7.05 Å². The summed E-state index contributed by atoms with van der Waals surface area (Å²) in [5, 5.41) is 10.4. The first kappa shape index (κ1) is 15.3. The molecule has 21 heavy (non-hydrogen) atoms. The molecule has 112 valence electrons. The van der Waals surface area contributed by atoms with Gasteiger partial charge in [0.15, 0.2) is 0 Å². The highest BCUT2D eigenvalue weighted by Crippen LogP contribution is 2.18. The molecular weight excluding hydrogens is 264 g/mol. The molecule has 5 heteroatoms. The SMILES string of the molecule is CCCNC(C)c1cccc(NC(=O)c2ccnn2C)c1. The van der Waals surface area contributed by atoms with Gasteiger partial charge in [0.2, 0.25) is 0 Å². The van der Waals surface area contributed by atoms with Crippen LogP contribution < -0.4 is 10.6 Å². The zero-order valence-electron chi connectivity index (χ0n) is 12.8. The number of nitrogens with one attached hydrogen (secondary N) is 2. The third-order valence-corrected chi connectivity index (χ3v) is 3.40. The van der Waals surface area contributed by atoms with Crippen molar-refractivity contribution >= 4 is 11.6 Å². The number of aryl methyl sites for hydroxylation is 1. The Labute approximate surface area is 125 Å². The molecule has 0 fully saturated rings. The van der Waals surface area contributed by atoms with Crippen LogP contribution in [-0.2, 0) is 7.05 Å². The van der Waals surface area contributed by atoms with Gasteiger partial charge in [0.25, 0.3) is 5.91 Å². The summed E-state index contributed by atoms with van der Waals surface area (Å²) in [6.07, 6.45) is 2.71. The van der Waals surface area contributed by atoms with Gasteiger partial charge in [0, 0.05) is 25.0 Å². The lowest BCUT2D eigenvalue weighted by atomic mass is 10.1. The second kappa shape index (κ2) is 7.04. The van der Waals surface area contributed by atoms with E-state index in [2.05, 4.69) is 35.6 Å². The quantitative estimate of drug-likeness (QED) is 0.858. The van der Waals surface area contributed by atoms with E-state index < -0.39 is 0 Å². The van der Waals surface area contributed by atoms with Crippen LogP contribution in [0.1, 0.15) is 42.4 Å². The molecule has 2 aromatic rings. The van der Waals surface area contributed by atoms with E-state index in [-0.39, 0.29) is 11.9 Å². The maximum atomic E-state index is 12.2. The first-order chi connectivity index (χ1) is 10.1. The van der Waals surface area contributed by atoms with E-state index in [1.54, 1.807) is 24.0 Å². The summed E-state index contributed by atoms with van der Waals surface area (Å²) in [7, 11) is 1.75. The summed E-state index contributed by atoms with van der Waals surface area (Å²) in [6, 6.07) is 9.88. The van der Waals surface area contributed by atoms with Gasteiger partial charge < -0.3 is 10.6 Å². The number of carbonyl (C=O) groups is 1. The molecule has 0 bridgehead atoms. The van der Waals surface area contributed by atoms with Gasteiger partial charge in [-0.05, 0) is 43.7 Å². The van der Waals surface area contributed by atoms with Crippen LogP contribution in [0.15, 0.2) is 36.5 Å². The van der Waals surface area contributed by atoms with Crippen LogP contribution in [-0.4, -0.2) is 22.2 Å². The molecule has 5 nitrogen and oxygen atoms in total. The average molecular weight is 286 g/mol. The molecule has 2 N–H and O–H groups in total. The van der Waals surface area contributed by atoms with Gasteiger partial charge in [0.1, 0.15) is 5.69 Å². The third kappa shape index (κ3) is 3.92. The van der Waals surface area contributed by atoms with Crippen molar-refractivity contribution in [2.75, 3.05) is 11.9 Å². The summed E-state index contributed by atoms with van der Waals surface area (Å²) >= 11 is 0. The summed E-state index contributed by atoms with van der Waals surface area (Å²) < 4.78 is 1.56. The van der Waals surface area contributed by atoms with Crippen LogP contribution in [0.25, 0.3) is 0 Å². The van der Waals surface area contributed by atoms with Gasteiger partial charge in [-0.2, -0.15) is 5.10 Å². The van der Waals surface area contributed by atoms with Crippen LogP contribution in [0.3, 0.4) is 0 Å². The van der Waals surface area contributed by atoms with Crippen molar-refractivity contribution in [1.29, 1.82) is 0 Å². The molecule has 0 saturated heterocycles. The smallest absolute Gasteiger partial charge is 0.273 e. The Morgan fingerprint density at radius 1 is 1.38 bits per heavy atom. The standard InChI is InChI=1S/C16H22N4O/c1-4-9-17-12(2)13-6-5-7-14(11-13)19-16(21)15-8-10-18-20(15)3/h5-8,10-12,17H,4,9H2,1-3H3,(H,19,21). The van der Waals surface area contributed by atoms with Gasteiger partial charge in [-0.25, -0.2) is 0 Å². The van der Waals surface area contributed by atoms with Crippen molar-refractivity contribution in [3.05, 3.63) is 47.8 Å². The van der Waals surface area contributed by atoms with Gasteiger partial charge in [0.05, 0.1) is 0 Å². The second-order valence-electron chi connectivity index (χ2n) is 5.10. The molecule has 1 unspecified atom stereocenters. The second-order valence-corrected chi connectivity index (χ2v) is 5.10. The summed E-state index contributed by atoms with van der Waals surface area (Å²) in [6.45, 7) is 5.24. The predicted molar refractivity (Wildman–Crippen MR) is 84.3 cm³/mol. The summed E-state index contributed by atoms with van der Waals surface area (Å²) in [5.41, 5.74) is 2.49. The minimum atomic E-state index is -0.152. The fourth-order valence-corrected chi connectivity index (χ4v) is 2.16. The Balaban J connectivity index is 2.07. The Bertz CT molecular complexity index is 606. The van der Waals surface area contributed by atoms with Crippen LogP contribution in [0, 0.1) is 0 Å². The zero-order chi connectivity index (χ0) is 15.2. The number of aromatic nitrogens is 2. The predicted octanol–water partition coefficient (Wildman–Crippen LogP) is 2.73. The van der Waals surface area contributed by atoms with Crippen molar-refractivity contribution in [2.45, 2.75) is 26.3 Å². The number of hydrogen-bond donors (Lipinski definition) is 2. The number of nitrogens with zero attached hydrogens (tertiary/aromatic N) is 2. The number of anilines is 1. The maximum Gasteiger partial charge on any atom is 0.273 e. The molecule has 0 aliphatic heterocycles. The average Bonchev–Trinajstić information content (AvgIpc) is 2.91. The van der Waals surface area contributed by atoms with E-state index in [4.69, 9.17) is 0 Å².